The van der Waals surface area contributed by atoms with Gasteiger partial charge in [-0.1, -0.05) is 36.4 Å². The maximum Gasteiger partial charge on any atom is 0.127 e. The normalized spacial score (nSPS) is 16.2. The van der Waals surface area contributed by atoms with Gasteiger partial charge in [0.05, 0.1) is 20.3 Å². The molecule has 0 amide bonds. The van der Waals surface area contributed by atoms with Crippen molar-refractivity contribution in [1.29, 1.82) is 0 Å². The van der Waals surface area contributed by atoms with Crippen molar-refractivity contribution >= 4 is 10.8 Å². The predicted octanol–water partition coefficient (Wildman–Crippen LogP) is 3.85. The van der Waals surface area contributed by atoms with Gasteiger partial charge in [-0.15, -0.1) is 0 Å². The lowest BCUT2D eigenvalue weighted by Crippen LogP contribution is -2.45. The first-order valence-electron chi connectivity index (χ1n) is 9.45. The standard InChI is InChI=1S/C23H26N2O2/c1-26-20-9-10-21(22(16-20)27-2)23(25-13-11-24-12-14-25)19-8-7-17-5-3-4-6-18(17)15-19/h3-10,15-16,23-24H,11-14H2,1-2H3. The molecule has 0 aliphatic carbocycles. The number of nitrogens with zero attached hydrogens (tertiary/aromatic N) is 1. The molecule has 1 heterocycles. The van der Waals surface area contributed by atoms with Crippen molar-refractivity contribution in [1.82, 2.24) is 10.2 Å². The molecule has 1 unspecified atom stereocenters. The molecule has 1 atom stereocenters. The highest BCUT2D eigenvalue weighted by Gasteiger charge is 2.27. The second-order valence-electron chi connectivity index (χ2n) is 6.90. The van der Waals surface area contributed by atoms with Crippen LogP contribution in [-0.4, -0.2) is 45.3 Å². The van der Waals surface area contributed by atoms with Gasteiger partial charge in [0.15, 0.2) is 0 Å². The molecule has 4 rings (SSSR count). The Bertz CT molecular complexity index is 919. The first kappa shape index (κ1) is 17.8. The second-order valence-corrected chi connectivity index (χ2v) is 6.90. The quantitative estimate of drug-likeness (QED) is 0.747. The molecule has 27 heavy (non-hydrogen) atoms. The minimum Gasteiger partial charge on any atom is -0.497 e. The summed E-state index contributed by atoms with van der Waals surface area (Å²) in [6.07, 6.45) is 0. The topological polar surface area (TPSA) is 33.7 Å². The van der Waals surface area contributed by atoms with Gasteiger partial charge in [0.1, 0.15) is 11.5 Å². The molecule has 3 aromatic carbocycles. The van der Waals surface area contributed by atoms with Gasteiger partial charge in [-0.2, -0.15) is 0 Å². The van der Waals surface area contributed by atoms with Gasteiger partial charge in [-0.05, 0) is 34.5 Å². The fourth-order valence-electron chi connectivity index (χ4n) is 3.95. The fourth-order valence-corrected chi connectivity index (χ4v) is 3.95. The lowest BCUT2D eigenvalue weighted by atomic mass is 9.93. The van der Waals surface area contributed by atoms with Crippen LogP contribution in [0.25, 0.3) is 10.8 Å². The number of benzene rings is 3. The third-order valence-corrected chi connectivity index (χ3v) is 5.34. The summed E-state index contributed by atoms with van der Waals surface area (Å²) in [5.74, 6) is 1.68. The molecule has 140 valence electrons. The second kappa shape index (κ2) is 7.99. The highest BCUT2D eigenvalue weighted by Crippen LogP contribution is 2.37. The van der Waals surface area contributed by atoms with Gasteiger partial charge < -0.3 is 14.8 Å². The summed E-state index contributed by atoms with van der Waals surface area (Å²) in [6, 6.07) is 21.6. The molecule has 0 radical (unpaired) electrons. The highest BCUT2D eigenvalue weighted by molar-refractivity contribution is 5.83. The lowest BCUT2D eigenvalue weighted by molar-refractivity contribution is 0.195. The summed E-state index contributed by atoms with van der Waals surface area (Å²) in [5.41, 5.74) is 2.47. The van der Waals surface area contributed by atoms with Crippen LogP contribution in [0, 0.1) is 0 Å². The fraction of sp³-hybridized carbons (Fsp3) is 0.304. The van der Waals surface area contributed by atoms with Crippen molar-refractivity contribution in [3.63, 3.8) is 0 Å². The molecule has 0 bridgehead atoms. The van der Waals surface area contributed by atoms with E-state index in [4.69, 9.17) is 9.47 Å². The van der Waals surface area contributed by atoms with Crippen LogP contribution < -0.4 is 14.8 Å². The van der Waals surface area contributed by atoms with Crippen LogP contribution in [-0.2, 0) is 0 Å². The number of methoxy groups -OCH3 is 2. The van der Waals surface area contributed by atoms with Crippen LogP contribution in [0.2, 0.25) is 0 Å². The minimum absolute atomic E-state index is 0.151. The Balaban J connectivity index is 1.83. The van der Waals surface area contributed by atoms with E-state index in [-0.39, 0.29) is 6.04 Å². The number of piperazine rings is 1. The van der Waals surface area contributed by atoms with E-state index in [0.29, 0.717) is 0 Å². The smallest absolute Gasteiger partial charge is 0.127 e. The van der Waals surface area contributed by atoms with Crippen molar-refractivity contribution in [2.75, 3.05) is 40.4 Å². The van der Waals surface area contributed by atoms with E-state index in [2.05, 4.69) is 58.7 Å². The minimum atomic E-state index is 0.151. The molecule has 0 aromatic heterocycles. The van der Waals surface area contributed by atoms with Crippen molar-refractivity contribution in [2.45, 2.75) is 6.04 Å². The Morgan fingerprint density at radius 2 is 1.63 bits per heavy atom. The maximum atomic E-state index is 5.75. The van der Waals surface area contributed by atoms with E-state index >= 15 is 0 Å². The number of ether oxygens (including phenoxy) is 2. The van der Waals surface area contributed by atoms with E-state index in [1.54, 1.807) is 14.2 Å². The van der Waals surface area contributed by atoms with Crippen molar-refractivity contribution in [3.05, 3.63) is 71.8 Å². The Morgan fingerprint density at radius 1 is 0.852 bits per heavy atom. The van der Waals surface area contributed by atoms with Crippen molar-refractivity contribution in [2.24, 2.45) is 0 Å². The maximum absolute atomic E-state index is 5.75. The van der Waals surface area contributed by atoms with E-state index in [0.717, 1.165) is 37.7 Å². The van der Waals surface area contributed by atoms with E-state index in [1.807, 2.05) is 12.1 Å². The number of hydrogen-bond donors (Lipinski definition) is 1. The van der Waals surface area contributed by atoms with Crippen LogP contribution in [0.3, 0.4) is 0 Å². The highest BCUT2D eigenvalue weighted by atomic mass is 16.5. The first-order chi connectivity index (χ1) is 13.3. The van der Waals surface area contributed by atoms with E-state index in [9.17, 15) is 0 Å². The zero-order chi connectivity index (χ0) is 18.6. The Morgan fingerprint density at radius 3 is 2.37 bits per heavy atom. The number of fused-ring (bicyclic) bond motifs is 1. The van der Waals surface area contributed by atoms with Crippen LogP contribution in [0.1, 0.15) is 17.2 Å². The average Bonchev–Trinajstić information content (AvgIpc) is 2.75. The Labute approximate surface area is 160 Å². The Hall–Kier alpha value is -2.56. The summed E-state index contributed by atoms with van der Waals surface area (Å²) >= 11 is 0. The largest absolute Gasteiger partial charge is 0.497 e. The Kier molecular flexibility index (Phi) is 5.28. The molecule has 4 nitrogen and oxygen atoms in total. The van der Waals surface area contributed by atoms with Crippen LogP contribution in [0.4, 0.5) is 0 Å². The molecule has 1 fully saturated rings. The first-order valence-corrected chi connectivity index (χ1v) is 9.45. The molecular formula is C23H26N2O2. The molecule has 4 heteroatoms. The van der Waals surface area contributed by atoms with Gasteiger partial charge in [0, 0.05) is 37.8 Å². The average molecular weight is 362 g/mol. The molecular weight excluding hydrogens is 336 g/mol. The monoisotopic (exact) mass is 362 g/mol. The third-order valence-electron chi connectivity index (χ3n) is 5.34. The number of hydrogen-bond acceptors (Lipinski definition) is 4. The molecule has 3 aromatic rings. The van der Waals surface area contributed by atoms with Gasteiger partial charge in [-0.3, -0.25) is 4.90 Å². The predicted molar refractivity (Wildman–Crippen MR) is 110 cm³/mol. The zero-order valence-corrected chi connectivity index (χ0v) is 15.9. The number of nitrogens with one attached hydrogen (secondary N) is 1. The van der Waals surface area contributed by atoms with Crippen LogP contribution >= 0.6 is 0 Å². The van der Waals surface area contributed by atoms with Gasteiger partial charge in [-0.25, -0.2) is 0 Å². The SMILES string of the molecule is COc1ccc(C(c2ccc3ccccc3c2)N2CCNCC2)c(OC)c1. The van der Waals surface area contributed by atoms with Gasteiger partial charge >= 0.3 is 0 Å². The summed E-state index contributed by atoms with van der Waals surface area (Å²) in [5, 5.41) is 5.99. The summed E-state index contributed by atoms with van der Waals surface area (Å²) < 4.78 is 11.1. The van der Waals surface area contributed by atoms with Crippen molar-refractivity contribution < 1.29 is 9.47 Å². The lowest BCUT2D eigenvalue weighted by Gasteiger charge is -2.36. The molecule has 0 spiro atoms. The summed E-state index contributed by atoms with van der Waals surface area (Å²) in [6.45, 7) is 4.02. The van der Waals surface area contributed by atoms with Gasteiger partial charge in [0.2, 0.25) is 0 Å². The number of rotatable bonds is 5. The van der Waals surface area contributed by atoms with E-state index in [1.165, 1.54) is 21.9 Å². The van der Waals surface area contributed by atoms with Crippen molar-refractivity contribution in [3.8, 4) is 11.5 Å². The van der Waals surface area contributed by atoms with Gasteiger partial charge in [0.25, 0.3) is 0 Å². The van der Waals surface area contributed by atoms with Crippen LogP contribution in [0.5, 0.6) is 11.5 Å². The molecule has 1 aliphatic rings. The van der Waals surface area contributed by atoms with Crippen LogP contribution in [0.15, 0.2) is 60.7 Å². The molecule has 0 saturated carbocycles. The molecule has 1 aliphatic heterocycles. The third kappa shape index (κ3) is 3.64. The van der Waals surface area contributed by atoms with E-state index < -0.39 is 0 Å². The zero-order valence-electron chi connectivity index (χ0n) is 15.9. The summed E-state index contributed by atoms with van der Waals surface area (Å²) in [4.78, 5) is 2.53. The summed E-state index contributed by atoms with van der Waals surface area (Å²) in [7, 11) is 3.42. The molecule has 1 N–H and O–H groups in total. The molecule has 1 saturated heterocycles.